The molecule has 0 atom stereocenters. The van der Waals surface area contributed by atoms with Gasteiger partial charge < -0.3 is 5.11 Å². The summed E-state index contributed by atoms with van der Waals surface area (Å²) in [7, 11) is 0. The van der Waals surface area contributed by atoms with Crippen molar-refractivity contribution in [3.8, 4) is 11.8 Å². The van der Waals surface area contributed by atoms with E-state index in [9.17, 15) is 0 Å². The summed E-state index contributed by atoms with van der Waals surface area (Å²) in [6, 6.07) is 5.68. The standard InChI is InChI=1S/C12H13N3O/c1-10-5-6-11(9-16)8-12(10)4-2-3-7-14-15-13/h5-6,8,16H,3,7,9H2,1H3. The second kappa shape index (κ2) is 6.52. The molecule has 4 nitrogen and oxygen atoms in total. The highest BCUT2D eigenvalue weighted by molar-refractivity contribution is 5.43. The van der Waals surface area contributed by atoms with Crippen LogP contribution in [-0.4, -0.2) is 11.7 Å². The van der Waals surface area contributed by atoms with Crippen molar-refractivity contribution in [2.75, 3.05) is 6.54 Å². The molecule has 0 unspecified atom stereocenters. The van der Waals surface area contributed by atoms with Gasteiger partial charge in [-0.05, 0) is 29.6 Å². The van der Waals surface area contributed by atoms with Crippen LogP contribution in [0.15, 0.2) is 23.3 Å². The minimum absolute atomic E-state index is 0.0215. The van der Waals surface area contributed by atoms with Crippen molar-refractivity contribution >= 4 is 0 Å². The smallest absolute Gasteiger partial charge is 0.0682 e. The van der Waals surface area contributed by atoms with Crippen LogP contribution in [0.2, 0.25) is 0 Å². The number of rotatable bonds is 3. The summed E-state index contributed by atoms with van der Waals surface area (Å²) in [6.45, 7) is 2.38. The van der Waals surface area contributed by atoms with Gasteiger partial charge >= 0.3 is 0 Å². The second-order valence-electron chi connectivity index (χ2n) is 3.31. The van der Waals surface area contributed by atoms with E-state index in [-0.39, 0.29) is 6.61 Å². The van der Waals surface area contributed by atoms with Crippen molar-refractivity contribution in [2.24, 2.45) is 5.11 Å². The van der Waals surface area contributed by atoms with Gasteiger partial charge in [0.2, 0.25) is 0 Å². The Labute approximate surface area is 94.5 Å². The first-order valence-corrected chi connectivity index (χ1v) is 4.98. The van der Waals surface area contributed by atoms with Crippen LogP contribution in [0.1, 0.15) is 23.1 Å². The number of aliphatic hydroxyl groups excluding tert-OH is 1. The summed E-state index contributed by atoms with van der Waals surface area (Å²) in [5.41, 5.74) is 10.9. The molecule has 0 spiro atoms. The summed E-state index contributed by atoms with van der Waals surface area (Å²) >= 11 is 0. The lowest BCUT2D eigenvalue weighted by molar-refractivity contribution is 0.282. The minimum atomic E-state index is 0.0215. The lowest BCUT2D eigenvalue weighted by Gasteiger charge is -2.00. The quantitative estimate of drug-likeness (QED) is 0.272. The van der Waals surface area contributed by atoms with Crippen LogP contribution in [-0.2, 0) is 6.61 Å². The third-order valence-electron chi connectivity index (χ3n) is 2.11. The molecule has 0 radical (unpaired) electrons. The maximum atomic E-state index is 8.99. The van der Waals surface area contributed by atoms with Gasteiger partial charge in [0.25, 0.3) is 0 Å². The number of benzene rings is 1. The van der Waals surface area contributed by atoms with E-state index in [2.05, 4.69) is 21.9 Å². The summed E-state index contributed by atoms with van der Waals surface area (Å²) in [5, 5.41) is 12.4. The maximum absolute atomic E-state index is 8.99. The van der Waals surface area contributed by atoms with Gasteiger partial charge in [0.1, 0.15) is 0 Å². The molecule has 0 aliphatic rings. The first-order chi connectivity index (χ1) is 7.77. The monoisotopic (exact) mass is 215 g/mol. The highest BCUT2D eigenvalue weighted by atomic mass is 16.3. The van der Waals surface area contributed by atoms with Crippen LogP contribution in [0.25, 0.3) is 10.4 Å². The Morgan fingerprint density at radius 3 is 3.00 bits per heavy atom. The molecule has 0 saturated carbocycles. The highest BCUT2D eigenvalue weighted by Crippen LogP contribution is 2.09. The van der Waals surface area contributed by atoms with E-state index in [1.807, 2.05) is 25.1 Å². The van der Waals surface area contributed by atoms with Crippen molar-refractivity contribution in [2.45, 2.75) is 20.0 Å². The SMILES string of the molecule is Cc1ccc(CO)cc1C#CCCN=[N+]=[N-]. The lowest BCUT2D eigenvalue weighted by atomic mass is 10.1. The van der Waals surface area contributed by atoms with Crippen molar-refractivity contribution < 1.29 is 5.11 Å². The number of aryl methyl sites for hydroxylation is 1. The Morgan fingerprint density at radius 2 is 2.31 bits per heavy atom. The van der Waals surface area contributed by atoms with E-state index in [4.69, 9.17) is 10.6 Å². The zero-order valence-electron chi connectivity index (χ0n) is 9.14. The van der Waals surface area contributed by atoms with E-state index in [0.717, 1.165) is 16.7 Å². The third kappa shape index (κ3) is 3.66. The molecule has 1 aromatic carbocycles. The Kier molecular flexibility index (Phi) is 4.94. The molecule has 0 aliphatic carbocycles. The predicted octanol–water partition coefficient (Wildman–Crippen LogP) is 2.54. The van der Waals surface area contributed by atoms with E-state index in [1.165, 1.54) is 0 Å². The number of hydrogen-bond acceptors (Lipinski definition) is 2. The van der Waals surface area contributed by atoms with Crippen LogP contribution in [0.4, 0.5) is 0 Å². The fourth-order valence-corrected chi connectivity index (χ4v) is 1.21. The summed E-state index contributed by atoms with van der Waals surface area (Å²) in [6.07, 6.45) is 0.548. The highest BCUT2D eigenvalue weighted by Gasteiger charge is 1.96. The Balaban J connectivity index is 2.74. The molecule has 82 valence electrons. The van der Waals surface area contributed by atoms with Crippen LogP contribution < -0.4 is 0 Å². The largest absolute Gasteiger partial charge is 0.392 e. The van der Waals surface area contributed by atoms with Crippen LogP contribution in [0.5, 0.6) is 0 Å². The molecule has 0 aliphatic heterocycles. The summed E-state index contributed by atoms with van der Waals surface area (Å²) in [4.78, 5) is 2.65. The third-order valence-corrected chi connectivity index (χ3v) is 2.11. The summed E-state index contributed by atoms with van der Waals surface area (Å²) in [5.74, 6) is 5.93. The molecule has 0 aromatic heterocycles. The van der Waals surface area contributed by atoms with Gasteiger partial charge in [-0.3, -0.25) is 0 Å². The topological polar surface area (TPSA) is 69.0 Å². The molecule has 0 bridgehead atoms. The molecule has 0 heterocycles. The van der Waals surface area contributed by atoms with Gasteiger partial charge in [0, 0.05) is 23.4 Å². The van der Waals surface area contributed by atoms with Gasteiger partial charge in [0.15, 0.2) is 0 Å². The molecule has 1 rings (SSSR count). The fraction of sp³-hybridized carbons (Fsp3) is 0.333. The van der Waals surface area contributed by atoms with Crippen molar-refractivity contribution in [1.82, 2.24) is 0 Å². The average Bonchev–Trinajstić information content (AvgIpc) is 2.31. The fourth-order valence-electron chi connectivity index (χ4n) is 1.21. The number of hydrogen-bond donors (Lipinski definition) is 1. The predicted molar refractivity (Wildman–Crippen MR) is 62.6 cm³/mol. The Bertz CT molecular complexity index is 465. The Morgan fingerprint density at radius 1 is 1.50 bits per heavy atom. The molecule has 1 aromatic rings. The number of azide groups is 1. The normalized spacial score (nSPS) is 8.88. The van der Waals surface area contributed by atoms with Crippen LogP contribution in [0, 0.1) is 18.8 Å². The van der Waals surface area contributed by atoms with E-state index < -0.39 is 0 Å². The maximum Gasteiger partial charge on any atom is 0.0682 e. The van der Waals surface area contributed by atoms with E-state index in [0.29, 0.717) is 13.0 Å². The molecule has 16 heavy (non-hydrogen) atoms. The van der Waals surface area contributed by atoms with Gasteiger partial charge in [-0.15, -0.1) is 0 Å². The van der Waals surface area contributed by atoms with Crippen LogP contribution >= 0.6 is 0 Å². The first kappa shape index (κ1) is 12.1. The average molecular weight is 215 g/mol. The first-order valence-electron chi connectivity index (χ1n) is 4.98. The molecule has 0 fully saturated rings. The molecule has 0 amide bonds. The van der Waals surface area contributed by atoms with E-state index >= 15 is 0 Å². The van der Waals surface area contributed by atoms with Gasteiger partial charge in [-0.2, -0.15) is 0 Å². The Hall–Kier alpha value is -1.95. The summed E-state index contributed by atoms with van der Waals surface area (Å²) < 4.78 is 0. The molecule has 1 N–H and O–H groups in total. The van der Waals surface area contributed by atoms with Crippen molar-refractivity contribution in [3.63, 3.8) is 0 Å². The van der Waals surface area contributed by atoms with Gasteiger partial charge in [-0.1, -0.05) is 29.1 Å². The minimum Gasteiger partial charge on any atom is -0.392 e. The van der Waals surface area contributed by atoms with Crippen LogP contribution in [0.3, 0.4) is 0 Å². The second-order valence-corrected chi connectivity index (χ2v) is 3.31. The van der Waals surface area contributed by atoms with Crippen molar-refractivity contribution in [1.29, 1.82) is 0 Å². The van der Waals surface area contributed by atoms with Gasteiger partial charge in [0.05, 0.1) is 6.61 Å². The molecule has 0 saturated heterocycles. The zero-order valence-corrected chi connectivity index (χ0v) is 9.14. The molecule has 4 heteroatoms. The molecular weight excluding hydrogens is 202 g/mol. The lowest BCUT2D eigenvalue weighted by Crippen LogP contribution is -1.88. The van der Waals surface area contributed by atoms with Gasteiger partial charge in [-0.25, -0.2) is 0 Å². The van der Waals surface area contributed by atoms with E-state index in [1.54, 1.807) is 0 Å². The zero-order chi connectivity index (χ0) is 11.8. The van der Waals surface area contributed by atoms with Crippen molar-refractivity contribution in [3.05, 3.63) is 45.3 Å². The molecular formula is C12H13N3O. The number of nitrogens with zero attached hydrogens (tertiary/aromatic N) is 3. The number of aliphatic hydroxyl groups is 1.